The molecule has 0 saturated carbocycles. The molecule has 0 saturated heterocycles. The Balaban J connectivity index is 1.91. The monoisotopic (exact) mass is 420 g/mol. The average Bonchev–Trinajstić information content (AvgIpc) is 2.74. The first-order valence-electron chi connectivity index (χ1n) is 10.9. The number of benzene rings is 4. The molecular formula is C28H26NOSi+. The molecule has 0 spiro atoms. The highest BCUT2D eigenvalue weighted by Crippen LogP contribution is 2.47. The minimum absolute atomic E-state index is 0.975. The fourth-order valence-electron chi connectivity index (χ4n) is 5.35. The molecule has 0 radical (unpaired) electrons. The van der Waals surface area contributed by atoms with Gasteiger partial charge in [-0.15, -0.1) is 0 Å². The fourth-order valence-corrected chi connectivity index (χ4v) is 7.22. The molecule has 0 N–H and O–H groups in total. The van der Waals surface area contributed by atoms with Crippen LogP contribution in [0.2, 0.25) is 19.6 Å². The standard InChI is InChI=1S/C28H26NOSi/c1-17-13-14-19-10-8-12-22-24(19)23(17)26-27(30-22)28(31(3,4)5)25-20-11-7-6-9-18(20)15-16-21(25)29(26)2/h6-16H,1-5H3/q+1. The van der Waals surface area contributed by atoms with Crippen LogP contribution in [-0.2, 0) is 7.05 Å². The Labute approximate surface area is 183 Å². The zero-order chi connectivity index (χ0) is 21.5. The predicted molar refractivity (Wildman–Crippen MR) is 133 cm³/mol. The van der Waals surface area contributed by atoms with Crippen LogP contribution in [0.4, 0.5) is 0 Å². The summed E-state index contributed by atoms with van der Waals surface area (Å²) >= 11 is 0. The van der Waals surface area contributed by atoms with E-state index in [-0.39, 0.29) is 0 Å². The van der Waals surface area contributed by atoms with Crippen molar-refractivity contribution in [3.05, 3.63) is 72.3 Å². The predicted octanol–water partition coefficient (Wildman–Crippen LogP) is 6.60. The minimum atomic E-state index is -1.78. The molecule has 0 fully saturated rings. The zero-order valence-corrected chi connectivity index (χ0v) is 19.7. The van der Waals surface area contributed by atoms with Gasteiger partial charge in [0, 0.05) is 16.6 Å². The van der Waals surface area contributed by atoms with Crippen LogP contribution in [0, 0.1) is 6.92 Å². The molecule has 0 aliphatic carbocycles. The van der Waals surface area contributed by atoms with E-state index in [9.17, 15) is 0 Å². The summed E-state index contributed by atoms with van der Waals surface area (Å²) < 4.78 is 9.17. The van der Waals surface area contributed by atoms with E-state index in [0.29, 0.717) is 0 Å². The highest BCUT2D eigenvalue weighted by atomic mass is 28.3. The second-order valence-corrected chi connectivity index (χ2v) is 14.8. The third-order valence-electron chi connectivity index (χ3n) is 6.71. The number of fused-ring (bicyclic) bond motifs is 5. The van der Waals surface area contributed by atoms with Crippen LogP contribution < -0.4 is 14.5 Å². The normalized spacial score (nSPS) is 12.9. The van der Waals surface area contributed by atoms with Gasteiger partial charge in [0.2, 0.25) is 5.52 Å². The molecule has 152 valence electrons. The summed E-state index contributed by atoms with van der Waals surface area (Å²) in [5.41, 5.74) is 5.09. The number of aromatic nitrogens is 1. The van der Waals surface area contributed by atoms with Gasteiger partial charge in [-0.25, -0.2) is 0 Å². The molecule has 1 aliphatic heterocycles. The lowest BCUT2D eigenvalue weighted by Gasteiger charge is -2.28. The van der Waals surface area contributed by atoms with Crippen LogP contribution in [0.25, 0.3) is 43.7 Å². The molecule has 6 rings (SSSR count). The van der Waals surface area contributed by atoms with Crippen LogP contribution in [-0.4, -0.2) is 8.07 Å². The van der Waals surface area contributed by atoms with Gasteiger partial charge in [-0.05, 0) is 40.8 Å². The minimum Gasteiger partial charge on any atom is -0.450 e. The molecule has 2 heterocycles. The van der Waals surface area contributed by atoms with Crippen LogP contribution in [0.1, 0.15) is 5.56 Å². The molecule has 0 bridgehead atoms. The maximum Gasteiger partial charge on any atom is 0.256 e. The molecular weight excluding hydrogens is 394 g/mol. The maximum absolute atomic E-state index is 6.81. The van der Waals surface area contributed by atoms with Crippen molar-refractivity contribution in [2.75, 3.05) is 0 Å². The summed E-state index contributed by atoms with van der Waals surface area (Å²) in [5, 5.41) is 7.82. The molecule has 1 aromatic heterocycles. The summed E-state index contributed by atoms with van der Waals surface area (Å²) in [6.07, 6.45) is 0. The Morgan fingerprint density at radius 2 is 1.52 bits per heavy atom. The van der Waals surface area contributed by atoms with Gasteiger partial charge >= 0.3 is 0 Å². The zero-order valence-electron chi connectivity index (χ0n) is 18.7. The van der Waals surface area contributed by atoms with Gasteiger partial charge in [0.1, 0.15) is 12.8 Å². The highest BCUT2D eigenvalue weighted by Gasteiger charge is 2.38. The van der Waals surface area contributed by atoms with E-state index in [1.54, 1.807) is 0 Å². The highest BCUT2D eigenvalue weighted by molar-refractivity contribution is 6.91. The number of aryl methyl sites for hydroxylation is 2. The lowest BCUT2D eigenvalue weighted by atomic mass is 9.92. The van der Waals surface area contributed by atoms with Crippen LogP contribution in [0.15, 0.2) is 66.7 Å². The van der Waals surface area contributed by atoms with Crippen molar-refractivity contribution in [1.29, 1.82) is 0 Å². The Morgan fingerprint density at radius 1 is 0.774 bits per heavy atom. The Morgan fingerprint density at radius 3 is 2.32 bits per heavy atom. The van der Waals surface area contributed by atoms with Crippen molar-refractivity contribution in [1.82, 2.24) is 0 Å². The van der Waals surface area contributed by atoms with Crippen LogP contribution in [0.5, 0.6) is 11.5 Å². The van der Waals surface area contributed by atoms with Gasteiger partial charge in [0.15, 0.2) is 5.75 Å². The van der Waals surface area contributed by atoms with Gasteiger partial charge in [-0.3, -0.25) is 0 Å². The third kappa shape index (κ3) is 2.47. The van der Waals surface area contributed by atoms with E-state index in [4.69, 9.17) is 4.74 Å². The lowest BCUT2D eigenvalue weighted by molar-refractivity contribution is -0.633. The molecule has 31 heavy (non-hydrogen) atoms. The quantitative estimate of drug-likeness (QED) is 0.166. The van der Waals surface area contributed by atoms with E-state index in [1.165, 1.54) is 54.5 Å². The molecule has 3 heteroatoms. The second kappa shape index (κ2) is 6.18. The Kier molecular flexibility index (Phi) is 3.70. The van der Waals surface area contributed by atoms with Gasteiger partial charge in [-0.2, -0.15) is 4.57 Å². The largest absolute Gasteiger partial charge is 0.450 e. The number of nitrogens with zero attached hydrogens (tertiary/aromatic N) is 1. The van der Waals surface area contributed by atoms with Crippen LogP contribution >= 0.6 is 0 Å². The molecule has 0 unspecified atom stereocenters. The van der Waals surface area contributed by atoms with Crippen molar-refractivity contribution in [3.8, 4) is 22.8 Å². The van der Waals surface area contributed by atoms with Crippen molar-refractivity contribution >= 4 is 45.7 Å². The van der Waals surface area contributed by atoms with E-state index >= 15 is 0 Å². The first-order chi connectivity index (χ1) is 14.9. The smallest absolute Gasteiger partial charge is 0.256 e. The van der Waals surface area contributed by atoms with E-state index in [1.807, 2.05) is 0 Å². The van der Waals surface area contributed by atoms with Gasteiger partial charge in [0.25, 0.3) is 5.69 Å². The molecule has 2 nitrogen and oxygen atoms in total. The fraction of sp³-hybridized carbons (Fsp3) is 0.179. The topological polar surface area (TPSA) is 13.1 Å². The summed E-state index contributed by atoms with van der Waals surface area (Å²) in [4.78, 5) is 0. The first-order valence-corrected chi connectivity index (χ1v) is 14.4. The lowest BCUT2D eigenvalue weighted by Crippen LogP contribution is -2.45. The van der Waals surface area contributed by atoms with Crippen molar-refractivity contribution in [2.24, 2.45) is 7.05 Å². The molecule has 5 aromatic rings. The summed E-state index contributed by atoms with van der Waals surface area (Å²) in [7, 11) is 0.417. The summed E-state index contributed by atoms with van der Waals surface area (Å²) in [5.74, 6) is 2.03. The van der Waals surface area contributed by atoms with Crippen LogP contribution in [0.3, 0.4) is 0 Å². The van der Waals surface area contributed by atoms with Gasteiger partial charge < -0.3 is 4.74 Å². The van der Waals surface area contributed by atoms with E-state index in [2.05, 4.69) is 105 Å². The second-order valence-electron chi connectivity index (χ2n) is 9.76. The number of hydrogen-bond acceptors (Lipinski definition) is 1. The average molecular weight is 421 g/mol. The molecule has 0 amide bonds. The Hall–Kier alpha value is -3.17. The number of pyridine rings is 1. The first kappa shape index (κ1) is 18.6. The van der Waals surface area contributed by atoms with E-state index in [0.717, 1.165) is 11.5 Å². The SMILES string of the molecule is Cc1ccc2cccc3c2c1-c1c(c([Si](C)(C)C)c2c4ccccc4ccc2[n+]1C)O3. The van der Waals surface area contributed by atoms with Crippen molar-refractivity contribution in [3.63, 3.8) is 0 Å². The molecule has 0 atom stereocenters. The van der Waals surface area contributed by atoms with Gasteiger partial charge in [0.05, 0.1) is 19.0 Å². The van der Waals surface area contributed by atoms with Crippen molar-refractivity contribution < 1.29 is 9.30 Å². The number of ether oxygens (including phenoxy) is 1. The number of rotatable bonds is 1. The van der Waals surface area contributed by atoms with E-state index < -0.39 is 8.07 Å². The van der Waals surface area contributed by atoms with Crippen molar-refractivity contribution in [2.45, 2.75) is 26.6 Å². The third-order valence-corrected chi connectivity index (χ3v) is 8.69. The molecule has 1 aliphatic rings. The maximum atomic E-state index is 6.81. The summed E-state index contributed by atoms with van der Waals surface area (Å²) in [6, 6.07) is 24.1. The Bertz CT molecular complexity index is 1560. The van der Waals surface area contributed by atoms with Gasteiger partial charge in [-0.1, -0.05) is 68.2 Å². The molecule has 4 aromatic carbocycles. The number of hydrogen-bond donors (Lipinski definition) is 0. The summed E-state index contributed by atoms with van der Waals surface area (Å²) in [6.45, 7) is 9.52.